The predicted octanol–water partition coefficient (Wildman–Crippen LogP) is 0.682. The molecule has 0 fully saturated rings. The molecular weight excluding hydrogens is 288 g/mol. The van der Waals surface area contributed by atoms with Crippen LogP contribution in [0.25, 0.3) is 0 Å². The van der Waals surface area contributed by atoms with Crippen molar-refractivity contribution in [1.82, 2.24) is 0 Å². The van der Waals surface area contributed by atoms with E-state index in [-0.39, 0.29) is 0 Å². The third-order valence-electron chi connectivity index (χ3n) is 1.98. The standard InChI is InChI=1S/C8H7ClN2O6S/c1-17-8(12)4-2-3-5(18(10,15)16)6(9)7(4)11(13)14/h2-3H,1H3,(H2,10,15,16). The number of nitrogens with zero attached hydrogens (tertiary/aromatic N) is 1. The van der Waals surface area contributed by atoms with Gasteiger partial charge in [-0.1, -0.05) is 11.6 Å². The Morgan fingerprint density at radius 2 is 2.06 bits per heavy atom. The molecule has 0 aliphatic carbocycles. The van der Waals surface area contributed by atoms with Crippen LogP contribution in [0.5, 0.6) is 0 Å². The van der Waals surface area contributed by atoms with E-state index in [0.29, 0.717) is 0 Å². The Labute approximate surface area is 106 Å². The van der Waals surface area contributed by atoms with Crippen LogP contribution < -0.4 is 5.14 Å². The van der Waals surface area contributed by atoms with Gasteiger partial charge in [0.25, 0.3) is 0 Å². The molecule has 0 aromatic heterocycles. The number of ether oxygens (including phenoxy) is 1. The second-order valence-electron chi connectivity index (χ2n) is 3.07. The minimum absolute atomic E-state index is 0.458. The maximum absolute atomic E-state index is 11.3. The number of hydrogen-bond donors (Lipinski definition) is 1. The number of nitro groups is 1. The topological polar surface area (TPSA) is 130 Å². The van der Waals surface area contributed by atoms with Crippen molar-refractivity contribution in [1.29, 1.82) is 0 Å². The number of benzene rings is 1. The van der Waals surface area contributed by atoms with Gasteiger partial charge < -0.3 is 4.74 Å². The van der Waals surface area contributed by atoms with Gasteiger partial charge in [0, 0.05) is 0 Å². The second-order valence-corrected chi connectivity index (χ2v) is 4.98. The number of hydrogen-bond acceptors (Lipinski definition) is 6. The summed E-state index contributed by atoms with van der Waals surface area (Å²) in [5.41, 5.74) is -1.32. The number of halogens is 1. The summed E-state index contributed by atoms with van der Waals surface area (Å²) in [4.78, 5) is 20.5. The molecule has 10 heteroatoms. The highest BCUT2D eigenvalue weighted by Crippen LogP contribution is 2.34. The summed E-state index contributed by atoms with van der Waals surface area (Å²) in [6, 6.07) is 1.81. The highest BCUT2D eigenvalue weighted by molar-refractivity contribution is 7.89. The van der Waals surface area contributed by atoms with Crippen molar-refractivity contribution < 1.29 is 22.9 Å². The van der Waals surface area contributed by atoms with Crippen molar-refractivity contribution in [2.45, 2.75) is 4.90 Å². The highest BCUT2D eigenvalue weighted by Gasteiger charge is 2.29. The lowest BCUT2D eigenvalue weighted by Gasteiger charge is -2.06. The van der Waals surface area contributed by atoms with E-state index in [9.17, 15) is 23.3 Å². The quantitative estimate of drug-likeness (QED) is 0.495. The molecule has 0 atom stereocenters. The Bertz CT molecular complexity index is 627. The van der Waals surface area contributed by atoms with Crippen molar-refractivity contribution in [2.75, 3.05) is 7.11 Å². The lowest BCUT2D eigenvalue weighted by Crippen LogP contribution is -2.15. The summed E-state index contributed by atoms with van der Waals surface area (Å²) in [5, 5.41) is 14.9. The van der Waals surface area contributed by atoms with Crippen LogP contribution >= 0.6 is 11.6 Å². The first-order valence-electron chi connectivity index (χ1n) is 4.28. The van der Waals surface area contributed by atoms with E-state index in [4.69, 9.17) is 16.7 Å². The number of primary sulfonamides is 1. The third-order valence-corrected chi connectivity index (χ3v) is 3.42. The molecule has 0 bridgehead atoms. The fraction of sp³-hybridized carbons (Fsp3) is 0.125. The summed E-state index contributed by atoms with van der Waals surface area (Å²) in [6.07, 6.45) is 0. The fourth-order valence-corrected chi connectivity index (χ4v) is 2.38. The molecule has 0 heterocycles. The lowest BCUT2D eigenvalue weighted by atomic mass is 10.2. The average molecular weight is 295 g/mol. The summed E-state index contributed by atoms with van der Waals surface area (Å²) >= 11 is 5.59. The molecule has 0 unspecified atom stereocenters. The molecule has 1 aromatic rings. The van der Waals surface area contributed by atoms with E-state index >= 15 is 0 Å². The van der Waals surface area contributed by atoms with E-state index in [1.807, 2.05) is 0 Å². The zero-order valence-electron chi connectivity index (χ0n) is 8.91. The van der Waals surface area contributed by atoms with Gasteiger partial charge >= 0.3 is 11.7 Å². The van der Waals surface area contributed by atoms with Gasteiger partial charge in [-0.05, 0) is 12.1 Å². The Balaban J connectivity index is 3.69. The monoisotopic (exact) mass is 294 g/mol. The van der Waals surface area contributed by atoms with Crippen LogP contribution in [0.4, 0.5) is 5.69 Å². The summed E-state index contributed by atoms with van der Waals surface area (Å²) < 4.78 is 26.6. The minimum atomic E-state index is -4.23. The molecule has 0 saturated carbocycles. The number of methoxy groups -OCH3 is 1. The molecule has 0 spiro atoms. The van der Waals surface area contributed by atoms with E-state index < -0.39 is 42.1 Å². The van der Waals surface area contributed by atoms with Crippen LogP contribution in [0.1, 0.15) is 10.4 Å². The maximum atomic E-state index is 11.3. The molecular formula is C8H7ClN2O6S. The van der Waals surface area contributed by atoms with Crippen LogP contribution in [0.2, 0.25) is 5.02 Å². The van der Waals surface area contributed by atoms with Crippen LogP contribution in [0, 0.1) is 10.1 Å². The first-order chi connectivity index (χ1) is 8.20. The second kappa shape index (κ2) is 4.88. The number of nitro benzene ring substituents is 1. The van der Waals surface area contributed by atoms with E-state index in [1.165, 1.54) is 0 Å². The smallest absolute Gasteiger partial charge is 0.344 e. The van der Waals surface area contributed by atoms with Gasteiger partial charge in [0.05, 0.1) is 12.0 Å². The maximum Gasteiger partial charge on any atom is 0.344 e. The number of sulfonamides is 1. The van der Waals surface area contributed by atoms with Crippen molar-refractivity contribution in [3.8, 4) is 0 Å². The van der Waals surface area contributed by atoms with Crippen LogP contribution in [-0.4, -0.2) is 26.4 Å². The molecule has 0 aliphatic rings. The lowest BCUT2D eigenvalue weighted by molar-refractivity contribution is -0.385. The number of carbonyl (C=O) groups excluding carboxylic acids is 1. The van der Waals surface area contributed by atoms with E-state index in [2.05, 4.69) is 4.74 Å². The van der Waals surface area contributed by atoms with Crippen molar-refractivity contribution in [3.63, 3.8) is 0 Å². The van der Waals surface area contributed by atoms with Gasteiger partial charge in [0.15, 0.2) is 0 Å². The Kier molecular flexibility index (Phi) is 3.89. The van der Waals surface area contributed by atoms with Crippen LogP contribution in [-0.2, 0) is 14.8 Å². The largest absolute Gasteiger partial charge is 0.465 e. The summed E-state index contributed by atoms with van der Waals surface area (Å²) in [5.74, 6) is -1.01. The van der Waals surface area contributed by atoms with E-state index in [0.717, 1.165) is 19.2 Å². The van der Waals surface area contributed by atoms with Gasteiger partial charge in [-0.2, -0.15) is 0 Å². The van der Waals surface area contributed by atoms with Gasteiger partial charge in [0.2, 0.25) is 10.0 Å². The number of carbonyl (C=O) groups is 1. The Hall–Kier alpha value is -1.71. The number of esters is 1. The Morgan fingerprint density at radius 1 is 1.50 bits per heavy atom. The van der Waals surface area contributed by atoms with Crippen LogP contribution in [0.3, 0.4) is 0 Å². The van der Waals surface area contributed by atoms with Gasteiger partial charge in [-0.15, -0.1) is 0 Å². The zero-order chi connectivity index (χ0) is 14.1. The molecule has 18 heavy (non-hydrogen) atoms. The molecule has 0 amide bonds. The molecule has 0 radical (unpaired) electrons. The highest BCUT2D eigenvalue weighted by atomic mass is 35.5. The molecule has 8 nitrogen and oxygen atoms in total. The molecule has 0 aliphatic heterocycles. The fourth-order valence-electron chi connectivity index (χ4n) is 1.22. The zero-order valence-corrected chi connectivity index (χ0v) is 10.5. The first kappa shape index (κ1) is 14.4. The van der Waals surface area contributed by atoms with Crippen molar-refractivity contribution >= 4 is 33.3 Å². The molecule has 1 rings (SSSR count). The third kappa shape index (κ3) is 2.58. The summed E-state index contributed by atoms with van der Waals surface area (Å²) in [6.45, 7) is 0. The molecule has 1 aromatic carbocycles. The van der Waals surface area contributed by atoms with Crippen LogP contribution in [0.15, 0.2) is 17.0 Å². The first-order valence-corrected chi connectivity index (χ1v) is 6.20. The molecule has 2 N–H and O–H groups in total. The van der Waals surface area contributed by atoms with E-state index in [1.54, 1.807) is 0 Å². The van der Waals surface area contributed by atoms with Crippen molar-refractivity contribution in [2.24, 2.45) is 5.14 Å². The van der Waals surface area contributed by atoms with Gasteiger partial charge in [-0.25, -0.2) is 18.4 Å². The predicted molar refractivity (Wildman–Crippen MR) is 60.8 cm³/mol. The average Bonchev–Trinajstić information content (AvgIpc) is 2.25. The summed E-state index contributed by atoms with van der Waals surface area (Å²) in [7, 11) is -3.21. The van der Waals surface area contributed by atoms with Gasteiger partial charge in [0.1, 0.15) is 15.5 Å². The van der Waals surface area contributed by atoms with Gasteiger partial charge in [-0.3, -0.25) is 10.1 Å². The normalized spacial score (nSPS) is 11.1. The molecule has 0 saturated heterocycles. The SMILES string of the molecule is COC(=O)c1ccc(S(N)(=O)=O)c(Cl)c1[N+](=O)[O-]. The Morgan fingerprint density at radius 3 is 2.44 bits per heavy atom. The number of rotatable bonds is 3. The molecule has 98 valence electrons. The van der Waals surface area contributed by atoms with Crippen molar-refractivity contribution in [3.05, 3.63) is 32.8 Å². The minimum Gasteiger partial charge on any atom is -0.465 e. The number of nitrogens with two attached hydrogens (primary N) is 1.